The molecule has 0 spiro atoms. The van der Waals surface area contributed by atoms with Gasteiger partial charge >= 0.3 is 0 Å². The molecule has 2 heterocycles. The molecule has 0 amide bonds. The summed E-state index contributed by atoms with van der Waals surface area (Å²) in [5, 5.41) is 16.4. The summed E-state index contributed by atoms with van der Waals surface area (Å²) < 4.78 is 5.81. The number of aliphatic hydroxyl groups is 1. The molecule has 3 rings (SSSR count). The maximum Gasteiger partial charge on any atom is 0.234 e. The van der Waals surface area contributed by atoms with Crippen LogP contribution in [0.1, 0.15) is 5.56 Å². The van der Waals surface area contributed by atoms with Gasteiger partial charge in [-0.25, -0.2) is 0 Å². The van der Waals surface area contributed by atoms with Crippen molar-refractivity contribution in [3.05, 3.63) is 41.3 Å². The Morgan fingerprint density at radius 3 is 2.95 bits per heavy atom. The Labute approximate surface area is 119 Å². The highest BCUT2D eigenvalue weighted by Crippen LogP contribution is 2.29. The van der Waals surface area contributed by atoms with Crippen LogP contribution in [0.15, 0.2) is 30.5 Å². The van der Waals surface area contributed by atoms with Crippen LogP contribution >= 0.6 is 11.6 Å². The Bertz CT molecular complexity index is 744. The molecule has 0 bridgehead atoms. The normalized spacial score (nSPS) is 10.9. The van der Waals surface area contributed by atoms with Gasteiger partial charge < -0.3 is 9.84 Å². The zero-order chi connectivity index (χ0) is 13.9. The van der Waals surface area contributed by atoms with E-state index in [1.165, 1.54) is 0 Å². The molecule has 0 saturated heterocycles. The fourth-order valence-corrected chi connectivity index (χ4v) is 2.06. The van der Waals surface area contributed by atoms with E-state index in [0.717, 1.165) is 5.56 Å². The van der Waals surface area contributed by atoms with Gasteiger partial charge in [0.2, 0.25) is 11.2 Å². The molecule has 6 nitrogen and oxygen atoms in total. The fraction of sp³-hybridized carbons (Fsp3) is 0.154. The number of para-hydroxylation sites is 1. The second-order valence-corrected chi connectivity index (χ2v) is 4.45. The van der Waals surface area contributed by atoms with Gasteiger partial charge in [0.05, 0.1) is 6.20 Å². The first-order valence-electron chi connectivity index (χ1n) is 6.01. The number of rotatable bonds is 4. The SMILES string of the molecule is OCCc1ccccc1Oc1nc(Cl)nc2[nH]ncc12. The van der Waals surface area contributed by atoms with Crippen LogP contribution in [0.3, 0.4) is 0 Å². The molecule has 0 radical (unpaired) electrons. The first-order valence-corrected chi connectivity index (χ1v) is 6.39. The first kappa shape index (κ1) is 12.8. The van der Waals surface area contributed by atoms with E-state index in [2.05, 4.69) is 20.2 Å². The lowest BCUT2D eigenvalue weighted by molar-refractivity contribution is 0.297. The van der Waals surface area contributed by atoms with Crippen molar-refractivity contribution in [1.82, 2.24) is 20.2 Å². The molecule has 1 aromatic carbocycles. The van der Waals surface area contributed by atoms with Gasteiger partial charge in [0.1, 0.15) is 11.1 Å². The van der Waals surface area contributed by atoms with Crippen LogP contribution in [0.4, 0.5) is 0 Å². The van der Waals surface area contributed by atoms with Gasteiger partial charge in [-0.3, -0.25) is 5.10 Å². The summed E-state index contributed by atoms with van der Waals surface area (Å²) >= 11 is 5.86. The molecular weight excluding hydrogens is 280 g/mol. The fourth-order valence-electron chi connectivity index (χ4n) is 1.89. The third kappa shape index (κ3) is 2.43. The monoisotopic (exact) mass is 290 g/mol. The van der Waals surface area contributed by atoms with Crippen molar-refractivity contribution < 1.29 is 9.84 Å². The van der Waals surface area contributed by atoms with Gasteiger partial charge in [0.15, 0.2) is 5.65 Å². The quantitative estimate of drug-likeness (QED) is 0.721. The maximum absolute atomic E-state index is 9.08. The van der Waals surface area contributed by atoms with Crippen LogP contribution < -0.4 is 4.74 Å². The average molecular weight is 291 g/mol. The van der Waals surface area contributed by atoms with Crippen LogP contribution in [0.5, 0.6) is 11.6 Å². The zero-order valence-corrected chi connectivity index (χ0v) is 11.1. The summed E-state index contributed by atoms with van der Waals surface area (Å²) in [4.78, 5) is 8.09. The van der Waals surface area contributed by atoms with Crippen LogP contribution in [0, 0.1) is 0 Å². The van der Waals surface area contributed by atoms with Crippen LogP contribution in [0.25, 0.3) is 11.0 Å². The molecule has 7 heteroatoms. The Morgan fingerprint density at radius 1 is 1.25 bits per heavy atom. The Hall–Kier alpha value is -2.18. The minimum atomic E-state index is 0.0476. The van der Waals surface area contributed by atoms with E-state index < -0.39 is 0 Å². The predicted octanol–water partition coefficient (Wildman–Crippen LogP) is 2.33. The number of benzene rings is 1. The van der Waals surface area contributed by atoms with E-state index in [9.17, 15) is 0 Å². The summed E-state index contributed by atoms with van der Waals surface area (Å²) in [5.41, 5.74) is 1.40. The van der Waals surface area contributed by atoms with Gasteiger partial charge in [0, 0.05) is 6.61 Å². The predicted molar refractivity (Wildman–Crippen MR) is 74.0 cm³/mol. The Morgan fingerprint density at radius 2 is 2.10 bits per heavy atom. The standard InChI is InChI=1S/C13H11ClN4O2/c14-13-16-11-9(7-15-18-11)12(17-13)20-10-4-2-1-3-8(10)5-6-19/h1-4,7,19H,5-6H2,(H,15,16,17,18). The largest absolute Gasteiger partial charge is 0.438 e. The molecule has 0 saturated carbocycles. The van der Waals surface area contributed by atoms with Crippen molar-refractivity contribution in [3.8, 4) is 11.6 Å². The summed E-state index contributed by atoms with van der Waals surface area (Å²) in [7, 11) is 0. The molecule has 0 atom stereocenters. The zero-order valence-electron chi connectivity index (χ0n) is 10.4. The van der Waals surface area contributed by atoms with Crippen LogP contribution in [0.2, 0.25) is 5.28 Å². The van der Waals surface area contributed by atoms with E-state index in [-0.39, 0.29) is 11.9 Å². The molecule has 20 heavy (non-hydrogen) atoms. The van der Waals surface area contributed by atoms with E-state index in [1.54, 1.807) is 6.20 Å². The topological polar surface area (TPSA) is 83.9 Å². The molecule has 102 valence electrons. The molecule has 0 aliphatic heterocycles. The van der Waals surface area contributed by atoms with Gasteiger partial charge in [0.25, 0.3) is 0 Å². The lowest BCUT2D eigenvalue weighted by Gasteiger charge is -2.10. The molecule has 0 aliphatic rings. The van der Waals surface area contributed by atoms with Crippen molar-refractivity contribution in [3.63, 3.8) is 0 Å². The second kappa shape index (κ2) is 5.44. The number of aromatic amines is 1. The number of nitrogens with one attached hydrogen (secondary N) is 1. The van der Waals surface area contributed by atoms with Crippen LogP contribution in [-0.4, -0.2) is 31.9 Å². The molecule has 2 aromatic heterocycles. The van der Waals surface area contributed by atoms with Crippen molar-refractivity contribution in [2.24, 2.45) is 0 Å². The van der Waals surface area contributed by atoms with Gasteiger partial charge in [-0.2, -0.15) is 15.1 Å². The molecular formula is C13H11ClN4O2. The van der Waals surface area contributed by atoms with Gasteiger partial charge in [-0.05, 0) is 29.7 Å². The number of fused-ring (bicyclic) bond motifs is 1. The first-order chi connectivity index (χ1) is 9.78. The third-order valence-electron chi connectivity index (χ3n) is 2.81. The number of H-pyrrole nitrogens is 1. The number of nitrogens with zero attached hydrogens (tertiary/aromatic N) is 3. The van der Waals surface area contributed by atoms with Crippen molar-refractivity contribution in [2.45, 2.75) is 6.42 Å². The molecule has 2 N–H and O–H groups in total. The second-order valence-electron chi connectivity index (χ2n) is 4.11. The highest BCUT2D eigenvalue weighted by atomic mass is 35.5. The molecule has 0 fully saturated rings. The lowest BCUT2D eigenvalue weighted by atomic mass is 10.1. The Kier molecular flexibility index (Phi) is 3.49. The van der Waals surface area contributed by atoms with E-state index in [4.69, 9.17) is 21.4 Å². The summed E-state index contributed by atoms with van der Waals surface area (Å²) in [6.07, 6.45) is 2.08. The maximum atomic E-state index is 9.08. The number of ether oxygens (including phenoxy) is 1. The summed E-state index contributed by atoms with van der Waals surface area (Å²) in [5.74, 6) is 0.956. The summed E-state index contributed by atoms with van der Waals surface area (Å²) in [6.45, 7) is 0.0476. The van der Waals surface area contributed by atoms with Crippen LogP contribution in [-0.2, 0) is 6.42 Å². The van der Waals surface area contributed by atoms with E-state index in [1.807, 2.05) is 24.3 Å². The van der Waals surface area contributed by atoms with Gasteiger partial charge in [-0.15, -0.1) is 0 Å². The number of hydrogen-bond acceptors (Lipinski definition) is 5. The highest BCUT2D eigenvalue weighted by Gasteiger charge is 2.12. The van der Waals surface area contributed by atoms with E-state index >= 15 is 0 Å². The van der Waals surface area contributed by atoms with Crippen molar-refractivity contribution in [2.75, 3.05) is 6.61 Å². The van der Waals surface area contributed by atoms with Crippen molar-refractivity contribution in [1.29, 1.82) is 0 Å². The third-order valence-corrected chi connectivity index (χ3v) is 2.98. The highest BCUT2D eigenvalue weighted by molar-refractivity contribution is 6.28. The lowest BCUT2D eigenvalue weighted by Crippen LogP contribution is -1.97. The summed E-state index contributed by atoms with van der Waals surface area (Å²) in [6, 6.07) is 7.44. The molecule has 3 aromatic rings. The number of halogens is 1. The average Bonchev–Trinajstić information content (AvgIpc) is 2.89. The smallest absolute Gasteiger partial charge is 0.234 e. The van der Waals surface area contributed by atoms with Crippen molar-refractivity contribution >= 4 is 22.6 Å². The molecule has 0 aliphatic carbocycles. The van der Waals surface area contributed by atoms with E-state index in [0.29, 0.717) is 29.1 Å². The number of hydrogen-bond donors (Lipinski definition) is 2. The molecule has 0 unspecified atom stereocenters. The minimum absolute atomic E-state index is 0.0476. The number of aromatic nitrogens is 4. The minimum Gasteiger partial charge on any atom is -0.438 e. The Balaban J connectivity index is 2.03. The van der Waals surface area contributed by atoms with Gasteiger partial charge in [-0.1, -0.05) is 18.2 Å². The number of aliphatic hydroxyl groups excluding tert-OH is 1.